The van der Waals surface area contributed by atoms with Crippen LogP contribution >= 0.6 is 0 Å². The minimum Gasteiger partial charge on any atom is -0.496 e. The molecule has 0 spiro atoms. The van der Waals surface area contributed by atoms with Crippen molar-refractivity contribution in [1.29, 1.82) is 0 Å². The van der Waals surface area contributed by atoms with E-state index in [1.54, 1.807) is 7.11 Å². The highest BCUT2D eigenvalue weighted by atomic mass is 16.5. The van der Waals surface area contributed by atoms with Crippen molar-refractivity contribution in [3.05, 3.63) is 102 Å². The Kier molecular flexibility index (Phi) is 5.02. The van der Waals surface area contributed by atoms with Gasteiger partial charge >= 0.3 is 0 Å². The lowest BCUT2D eigenvalue weighted by Crippen LogP contribution is -2.18. The van der Waals surface area contributed by atoms with E-state index in [1.807, 2.05) is 42.5 Å². The molecule has 29 heavy (non-hydrogen) atoms. The first-order valence-electron chi connectivity index (χ1n) is 9.90. The number of hydrogen-bond acceptors (Lipinski definition) is 2. The Morgan fingerprint density at radius 2 is 1.14 bits per heavy atom. The zero-order valence-electron chi connectivity index (χ0n) is 17.4. The van der Waals surface area contributed by atoms with Crippen molar-refractivity contribution in [2.75, 3.05) is 7.11 Å². The van der Waals surface area contributed by atoms with E-state index < -0.39 is 0 Å². The van der Waals surface area contributed by atoms with E-state index in [0.717, 1.165) is 28.0 Å². The molecule has 0 unspecified atom stereocenters. The standard InChI is InChI=1S/C27H26O2/c1-19-9-11-20(12-10-19)27(2,3)21-13-15-22(16-14-21)29-26-18-17-25(28-4)23-7-5-6-8-24(23)26/h5-18H,1-4H3. The van der Waals surface area contributed by atoms with Crippen molar-refractivity contribution in [2.45, 2.75) is 26.2 Å². The SMILES string of the molecule is COc1ccc(Oc2ccc(C(C)(C)c3ccc(C)cc3)cc2)c2ccccc12. The van der Waals surface area contributed by atoms with Gasteiger partial charge in [0.25, 0.3) is 0 Å². The van der Waals surface area contributed by atoms with Gasteiger partial charge in [0.2, 0.25) is 0 Å². The Hall–Kier alpha value is -3.26. The van der Waals surface area contributed by atoms with Gasteiger partial charge in [0, 0.05) is 16.2 Å². The van der Waals surface area contributed by atoms with Crippen LogP contribution in [0, 0.1) is 6.92 Å². The van der Waals surface area contributed by atoms with Crippen LogP contribution in [0.2, 0.25) is 0 Å². The maximum absolute atomic E-state index is 6.22. The number of benzene rings is 4. The summed E-state index contributed by atoms with van der Waals surface area (Å²) in [5.41, 5.74) is 3.77. The first-order valence-corrected chi connectivity index (χ1v) is 9.90. The van der Waals surface area contributed by atoms with Crippen LogP contribution in [-0.2, 0) is 5.41 Å². The fraction of sp³-hybridized carbons (Fsp3) is 0.185. The Morgan fingerprint density at radius 3 is 1.72 bits per heavy atom. The molecule has 0 aromatic heterocycles. The number of rotatable bonds is 5. The van der Waals surface area contributed by atoms with Crippen molar-refractivity contribution >= 4 is 10.8 Å². The third kappa shape index (κ3) is 3.71. The zero-order chi connectivity index (χ0) is 20.4. The molecule has 0 saturated carbocycles. The molecule has 0 radical (unpaired) electrons. The molecule has 0 aliphatic carbocycles. The lowest BCUT2D eigenvalue weighted by molar-refractivity contribution is 0.418. The van der Waals surface area contributed by atoms with Crippen LogP contribution in [0.25, 0.3) is 10.8 Å². The van der Waals surface area contributed by atoms with E-state index in [-0.39, 0.29) is 5.41 Å². The Balaban J connectivity index is 1.62. The molecule has 0 N–H and O–H groups in total. The first kappa shape index (κ1) is 19.1. The van der Waals surface area contributed by atoms with Gasteiger partial charge in [-0.15, -0.1) is 0 Å². The molecule has 0 bridgehead atoms. The third-order valence-electron chi connectivity index (χ3n) is 5.64. The second-order valence-corrected chi connectivity index (χ2v) is 7.93. The summed E-state index contributed by atoms with van der Waals surface area (Å²) in [4.78, 5) is 0. The Bertz CT molecular complexity index is 1120. The lowest BCUT2D eigenvalue weighted by atomic mass is 9.78. The van der Waals surface area contributed by atoms with Gasteiger partial charge < -0.3 is 9.47 Å². The fourth-order valence-electron chi connectivity index (χ4n) is 3.71. The van der Waals surface area contributed by atoms with E-state index in [1.165, 1.54) is 16.7 Å². The van der Waals surface area contributed by atoms with Crippen LogP contribution in [0.15, 0.2) is 84.9 Å². The third-order valence-corrected chi connectivity index (χ3v) is 5.64. The van der Waals surface area contributed by atoms with Gasteiger partial charge in [0.15, 0.2) is 0 Å². The molecule has 0 fully saturated rings. The predicted molar refractivity (Wildman–Crippen MR) is 120 cm³/mol. The molecule has 0 aliphatic heterocycles. The number of aryl methyl sites for hydroxylation is 1. The van der Waals surface area contributed by atoms with Gasteiger partial charge in [-0.3, -0.25) is 0 Å². The van der Waals surface area contributed by atoms with Crippen molar-refractivity contribution in [2.24, 2.45) is 0 Å². The second-order valence-electron chi connectivity index (χ2n) is 7.93. The Labute approximate surface area is 172 Å². The average molecular weight is 383 g/mol. The highest BCUT2D eigenvalue weighted by Crippen LogP contribution is 2.37. The van der Waals surface area contributed by atoms with Crippen LogP contribution in [0.3, 0.4) is 0 Å². The molecule has 4 aromatic carbocycles. The molecule has 2 nitrogen and oxygen atoms in total. The monoisotopic (exact) mass is 382 g/mol. The van der Waals surface area contributed by atoms with Gasteiger partial charge in [-0.1, -0.05) is 80.1 Å². The molecule has 0 saturated heterocycles. The largest absolute Gasteiger partial charge is 0.496 e. The zero-order valence-corrected chi connectivity index (χ0v) is 17.4. The van der Waals surface area contributed by atoms with Crippen molar-refractivity contribution < 1.29 is 9.47 Å². The molecule has 0 amide bonds. The fourth-order valence-corrected chi connectivity index (χ4v) is 3.71. The summed E-state index contributed by atoms with van der Waals surface area (Å²) in [5, 5.41) is 2.08. The van der Waals surface area contributed by atoms with E-state index in [9.17, 15) is 0 Å². The summed E-state index contributed by atoms with van der Waals surface area (Å²) in [6, 6.07) is 29.2. The Morgan fingerprint density at radius 1 is 0.621 bits per heavy atom. The highest BCUT2D eigenvalue weighted by molar-refractivity contribution is 5.93. The maximum atomic E-state index is 6.22. The molecular weight excluding hydrogens is 356 g/mol. The smallest absolute Gasteiger partial charge is 0.135 e. The molecule has 0 heterocycles. The average Bonchev–Trinajstić information content (AvgIpc) is 2.75. The minimum atomic E-state index is -0.0704. The summed E-state index contributed by atoms with van der Waals surface area (Å²) >= 11 is 0. The molecule has 0 aliphatic rings. The van der Waals surface area contributed by atoms with Gasteiger partial charge in [0.1, 0.15) is 17.2 Å². The van der Waals surface area contributed by atoms with Crippen LogP contribution in [0.5, 0.6) is 17.2 Å². The topological polar surface area (TPSA) is 18.5 Å². The quantitative estimate of drug-likeness (QED) is 0.361. The molecular formula is C27H26O2. The van der Waals surface area contributed by atoms with Gasteiger partial charge in [-0.25, -0.2) is 0 Å². The molecule has 2 heteroatoms. The van der Waals surface area contributed by atoms with E-state index >= 15 is 0 Å². The number of fused-ring (bicyclic) bond motifs is 1. The maximum Gasteiger partial charge on any atom is 0.135 e. The van der Waals surface area contributed by atoms with Crippen LogP contribution in [-0.4, -0.2) is 7.11 Å². The highest BCUT2D eigenvalue weighted by Gasteiger charge is 2.23. The molecule has 4 aromatic rings. The van der Waals surface area contributed by atoms with Crippen molar-refractivity contribution in [3.63, 3.8) is 0 Å². The molecule has 146 valence electrons. The normalized spacial score (nSPS) is 11.4. The minimum absolute atomic E-state index is 0.0704. The van der Waals surface area contributed by atoms with Gasteiger partial charge in [-0.2, -0.15) is 0 Å². The van der Waals surface area contributed by atoms with Gasteiger partial charge in [-0.05, 0) is 42.3 Å². The van der Waals surface area contributed by atoms with E-state index in [0.29, 0.717) is 0 Å². The number of ether oxygens (including phenoxy) is 2. The lowest BCUT2D eigenvalue weighted by Gasteiger charge is -2.26. The van der Waals surface area contributed by atoms with Crippen molar-refractivity contribution in [3.8, 4) is 17.2 Å². The summed E-state index contributed by atoms with van der Waals surface area (Å²) in [6.45, 7) is 6.63. The summed E-state index contributed by atoms with van der Waals surface area (Å²) in [7, 11) is 1.69. The van der Waals surface area contributed by atoms with Gasteiger partial charge in [0.05, 0.1) is 7.11 Å². The predicted octanol–water partition coefficient (Wildman–Crippen LogP) is 7.28. The van der Waals surface area contributed by atoms with Crippen LogP contribution in [0.4, 0.5) is 0 Å². The number of hydrogen-bond donors (Lipinski definition) is 0. The van der Waals surface area contributed by atoms with Crippen LogP contribution in [0.1, 0.15) is 30.5 Å². The van der Waals surface area contributed by atoms with E-state index in [4.69, 9.17) is 9.47 Å². The molecule has 0 atom stereocenters. The summed E-state index contributed by atoms with van der Waals surface area (Å²) in [6.07, 6.45) is 0. The second kappa shape index (κ2) is 7.63. The van der Waals surface area contributed by atoms with E-state index in [2.05, 4.69) is 63.2 Å². The number of methoxy groups -OCH3 is 1. The van der Waals surface area contributed by atoms with Crippen molar-refractivity contribution in [1.82, 2.24) is 0 Å². The molecule has 4 rings (SSSR count). The first-order chi connectivity index (χ1) is 14.0. The summed E-state index contributed by atoms with van der Waals surface area (Å²) < 4.78 is 11.7. The van der Waals surface area contributed by atoms with Crippen LogP contribution < -0.4 is 9.47 Å². The summed E-state index contributed by atoms with van der Waals surface area (Å²) in [5.74, 6) is 2.50.